The van der Waals surface area contributed by atoms with Gasteiger partial charge in [0.25, 0.3) is 0 Å². The van der Waals surface area contributed by atoms with E-state index in [1.807, 2.05) is 0 Å². The van der Waals surface area contributed by atoms with Gasteiger partial charge >= 0.3 is 59.1 Å². The molecule has 59 valence electrons. The summed E-state index contributed by atoms with van der Waals surface area (Å²) in [6.07, 6.45) is 5.63. The van der Waals surface area contributed by atoms with Crippen LogP contribution in [-0.2, 0) is 24.7 Å². The van der Waals surface area contributed by atoms with E-state index in [4.69, 9.17) is 0 Å². The van der Waals surface area contributed by atoms with Crippen LogP contribution in [0.4, 0.5) is 0 Å². The second-order valence-corrected chi connectivity index (χ2v) is 3.25. The Morgan fingerprint density at radius 1 is 1.40 bits per heavy atom. The van der Waals surface area contributed by atoms with Gasteiger partial charge in [-0.25, -0.2) is 0 Å². The topological polar surface area (TPSA) is 0 Å². The molecule has 0 heterocycles. The summed E-state index contributed by atoms with van der Waals surface area (Å²) >= 11 is 1.58. The Bertz CT molecular complexity index is 139. The first kappa shape index (κ1) is 17.1. The van der Waals surface area contributed by atoms with E-state index in [0.717, 1.165) is 0 Å². The van der Waals surface area contributed by atoms with Gasteiger partial charge in [0.1, 0.15) is 0 Å². The first-order chi connectivity index (χ1) is 3.30. The van der Waals surface area contributed by atoms with Gasteiger partial charge in [-0.1, -0.05) is 7.43 Å². The van der Waals surface area contributed by atoms with Crippen LogP contribution in [-0.4, -0.2) is 0 Å². The molecule has 0 aromatic heterocycles. The van der Waals surface area contributed by atoms with Crippen LogP contribution in [0.15, 0.2) is 21.0 Å². The van der Waals surface area contributed by atoms with E-state index in [2.05, 4.69) is 19.1 Å². The molecule has 0 atom stereocenters. The van der Waals surface area contributed by atoms with Gasteiger partial charge in [0.05, 0.1) is 0 Å². The second kappa shape index (κ2) is 8.04. The van der Waals surface area contributed by atoms with E-state index in [-0.39, 0.29) is 32.2 Å². The van der Waals surface area contributed by atoms with E-state index in [9.17, 15) is 0 Å². The van der Waals surface area contributed by atoms with E-state index in [1.165, 1.54) is 12.0 Å². The van der Waals surface area contributed by atoms with Gasteiger partial charge < -0.3 is 0 Å². The van der Waals surface area contributed by atoms with Crippen LogP contribution >= 0.6 is 24.8 Å². The van der Waals surface area contributed by atoms with Crippen molar-refractivity contribution in [2.45, 2.75) is 20.8 Å². The predicted octanol–water partition coefficient (Wildman–Crippen LogP) is 3.25. The molecule has 0 amide bonds. The summed E-state index contributed by atoms with van der Waals surface area (Å²) < 4.78 is 1.60. The fourth-order valence-corrected chi connectivity index (χ4v) is 1.11. The minimum Gasteiger partial charge on any atom is -0.147 e. The molecule has 1 rings (SSSR count). The standard InChI is InChI=1S/C6H7.CH4.2ClH.Zr/c1-6-4-2-3-5-6;;;;/h2,4H,3H2,1H3;1H4;2*1H;. The van der Waals surface area contributed by atoms with Crippen molar-refractivity contribution in [1.29, 1.82) is 0 Å². The first-order valence-corrected chi connectivity index (χ1v) is 3.61. The number of allylic oxidation sites excluding steroid dienone is 4. The molecule has 0 N–H and O–H groups in total. The fraction of sp³-hybridized carbons (Fsp3) is 0.429. The first-order valence-electron chi connectivity index (χ1n) is 2.38. The molecule has 1 aliphatic rings. The summed E-state index contributed by atoms with van der Waals surface area (Å²) in [6.45, 7) is 2.17. The molecule has 0 fully saturated rings. The Morgan fingerprint density at radius 3 is 2.00 bits per heavy atom. The van der Waals surface area contributed by atoms with E-state index in [0.29, 0.717) is 0 Å². The fourth-order valence-electron chi connectivity index (χ4n) is 0.615. The van der Waals surface area contributed by atoms with Gasteiger partial charge in [-0.3, -0.25) is 0 Å². The summed E-state index contributed by atoms with van der Waals surface area (Å²) in [5.41, 5.74) is 1.48. The third-order valence-corrected chi connectivity index (χ3v) is 2.64. The zero-order valence-corrected chi connectivity index (χ0v) is 9.27. The van der Waals surface area contributed by atoms with Crippen LogP contribution in [0.1, 0.15) is 20.8 Å². The Morgan fingerprint density at radius 2 is 1.90 bits per heavy atom. The Labute approximate surface area is 90.8 Å². The normalized spacial score (nSPS) is 13.2. The molecule has 0 radical (unpaired) electrons. The molecule has 0 saturated heterocycles. The summed E-state index contributed by atoms with van der Waals surface area (Å²) in [5, 5.41) is 0. The SMILES string of the molecule is C.CC1=[C]([Zr])CC=C1.Cl.Cl. The molecule has 0 aliphatic heterocycles. The molecule has 0 nitrogen and oxygen atoms in total. The summed E-state index contributed by atoms with van der Waals surface area (Å²) in [4.78, 5) is 0. The van der Waals surface area contributed by atoms with Crippen LogP contribution in [0.5, 0.6) is 0 Å². The third-order valence-electron chi connectivity index (χ3n) is 1.17. The van der Waals surface area contributed by atoms with Gasteiger partial charge in [0, 0.05) is 0 Å². The Balaban J connectivity index is -0.000000163. The minimum absolute atomic E-state index is 0. The van der Waals surface area contributed by atoms with Gasteiger partial charge in [0.2, 0.25) is 0 Å². The van der Waals surface area contributed by atoms with E-state index in [1.54, 1.807) is 28.0 Å². The van der Waals surface area contributed by atoms with Crippen molar-refractivity contribution in [3.05, 3.63) is 21.0 Å². The molecular weight excluding hydrogens is 246 g/mol. The zero-order valence-electron chi connectivity index (χ0n) is 5.18. The van der Waals surface area contributed by atoms with Crippen LogP contribution in [0.2, 0.25) is 0 Å². The zero-order chi connectivity index (χ0) is 5.28. The van der Waals surface area contributed by atoms with Crippen LogP contribution < -0.4 is 0 Å². The van der Waals surface area contributed by atoms with Crippen molar-refractivity contribution in [1.82, 2.24) is 0 Å². The number of hydrogen-bond donors (Lipinski definition) is 0. The van der Waals surface area contributed by atoms with Gasteiger partial charge in [-0.2, -0.15) is 0 Å². The maximum absolute atomic E-state index is 2.22. The van der Waals surface area contributed by atoms with Crippen LogP contribution in [0, 0.1) is 0 Å². The quantitative estimate of drug-likeness (QED) is 0.626. The number of hydrogen-bond acceptors (Lipinski definition) is 0. The van der Waals surface area contributed by atoms with Crippen molar-refractivity contribution in [3.63, 3.8) is 0 Å². The smallest absolute Gasteiger partial charge is 0.147 e. The van der Waals surface area contributed by atoms with Crippen molar-refractivity contribution in [2.24, 2.45) is 0 Å². The van der Waals surface area contributed by atoms with E-state index < -0.39 is 0 Å². The van der Waals surface area contributed by atoms with E-state index >= 15 is 0 Å². The predicted molar refractivity (Wildman–Crippen MR) is 47.7 cm³/mol. The molecule has 0 spiro atoms. The molecule has 0 saturated carbocycles. The monoisotopic (exact) mass is 257 g/mol. The van der Waals surface area contributed by atoms with Crippen molar-refractivity contribution < 1.29 is 24.7 Å². The minimum atomic E-state index is 0. The van der Waals surface area contributed by atoms with Gasteiger partial charge in [-0.05, 0) is 0 Å². The molecule has 10 heavy (non-hydrogen) atoms. The molecule has 0 aromatic carbocycles. The Hall–Kier alpha value is 0.943. The summed E-state index contributed by atoms with van der Waals surface area (Å²) in [6, 6.07) is 0. The number of rotatable bonds is 0. The maximum atomic E-state index is 2.22. The van der Waals surface area contributed by atoms with Crippen molar-refractivity contribution in [2.75, 3.05) is 0 Å². The van der Waals surface area contributed by atoms with Crippen molar-refractivity contribution in [3.8, 4) is 0 Å². The van der Waals surface area contributed by atoms with Crippen molar-refractivity contribution >= 4 is 24.8 Å². The summed E-state index contributed by atoms with van der Waals surface area (Å²) in [5.74, 6) is 0. The largest absolute Gasteiger partial charge is 0.147 e. The molecular formula is C7H13Cl2Zr. The molecule has 0 unspecified atom stereocenters. The average molecular weight is 259 g/mol. The molecule has 0 aromatic rings. The van der Waals surface area contributed by atoms with Gasteiger partial charge in [-0.15, -0.1) is 24.8 Å². The third kappa shape index (κ3) is 4.71. The van der Waals surface area contributed by atoms with Crippen LogP contribution in [0.3, 0.4) is 0 Å². The van der Waals surface area contributed by atoms with Crippen LogP contribution in [0.25, 0.3) is 0 Å². The Kier molecular flexibility index (Phi) is 13.8. The molecule has 1 aliphatic carbocycles. The second-order valence-electron chi connectivity index (χ2n) is 1.77. The average Bonchev–Trinajstić information content (AvgIpc) is 1.91. The molecule has 3 heteroatoms. The molecule has 0 bridgehead atoms. The van der Waals surface area contributed by atoms with Gasteiger partial charge in [0.15, 0.2) is 0 Å². The number of halogens is 2. The maximum Gasteiger partial charge on any atom is -0.147 e. The summed E-state index contributed by atoms with van der Waals surface area (Å²) in [7, 11) is 0.